The highest BCUT2D eigenvalue weighted by atomic mass is 14.4. The van der Waals surface area contributed by atoms with Crippen molar-refractivity contribution in [3.63, 3.8) is 0 Å². The van der Waals surface area contributed by atoms with Crippen molar-refractivity contribution >= 4 is 0 Å². The average molecular weight is 795 g/mol. The first-order valence-electron chi connectivity index (χ1n) is 22.3. The molecule has 0 aliphatic heterocycles. The van der Waals surface area contributed by atoms with Gasteiger partial charge in [-0.3, -0.25) is 0 Å². The van der Waals surface area contributed by atoms with E-state index in [1.165, 1.54) is 101 Å². The molecule has 0 heteroatoms. The van der Waals surface area contributed by atoms with Crippen LogP contribution < -0.4 is 0 Å². The third-order valence-corrected chi connectivity index (χ3v) is 12.6. The molecule has 0 amide bonds. The van der Waals surface area contributed by atoms with E-state index in [0.717, 1.165) is 12.8 Å². The van der Waals surface area contributed by atoms with Gasteiger partial charge in [0.1, 0.15) is 0 Å². The van der Waals surface area contributed by atoms with Gasteiger partial charge in [0.2, 0.25) is 0 Å². The number of benzene rings is 8. The summed E-state index contributed by atoms with van der Waals surface area (Å²) in [4.78, 5) is 0. The summed E-state index contributed by atoms with van der Waals surface area (Å²) in [7, 11) is 0. The van der Waals surface area contributed by atoms with Crippen LogP contribution in [0.25, 0.3) is 55.6 Å². The molecule has 1 aliphatic carbocycles. The largest absolute Gasteiger partial charge is 0.0651 e. The molecule has 0 radical (unpaired) electrons. The molecule has 9 rings (SSSR count). The topological polar surface area (TPSA) is 0 Å². The lowest BCUT2D eigenvalue weighted by Gasteiger charge is -2.21. The molecule has 306 valence electrons. The third kappa shape index (κ3) is 9.71. The lowest BCUT2D eigenvalue weighted by atomic mass is 9.82. The molecule has 1 atom stereocenters. The number of aryl methyl sites for hydroxylation is 3. The minimum absolute atomic E-state index is 0.152. The van der Waals surface area contributed by atoms with Crippen LogP contribution in [0.1, 0.15) is 92.3 Å². The lowest BCUT2D eigenvalue weighted by Crippen LogP contribution is -2.14. The molecule has 61 heavy (non-hydrogen) atoms. The van der Waals surface area contributed by atoms with E-state index in [-0.39, 0.29) is 5.41 Å². The Labute approximate surface area is 367 Å². The fraction of sp³-hybridized carbons (Fsp3) is 0.213. The van der Waals surface area contributed by atoms with Gasteiger partial charge in [-0.05, 0) is 129 Å². The molecule has 0 saturated heterocycles. The van der Waals surface area contributed by atoms with Crippen LogP contribution >= 0.6 is 0 Å². The Bertz CT molecular complexity index is 2680. The Hall–Kier alpha value is -6.24. The van der Waals surface area contributed by atoms with Crippen LogP contribution in [-0.2, 0) is 11.8 Å². The zero-order valence-electron chi connectivity index (χ0n) is 37.6. The first-order valence-corrected chi connectivity index (χ1v) is 22.3. The average Bonchev–Trinajstić information content (AvgIpc) is 3.52. The van der Waals surface area contributed by atoms with E-state index in [9.17, 15) is 0 Å². The Morgan fingerprint density at radius 2 is 0.934 bits per heavy atom. The molecule has 1 unspecified atom stereocenters. The van der Waals surface area contributed by atoms with Crippen LogP contribution in [-0.4, -0.2) is 0 Å². The van der Waals surface area contributed by atoms with Crippen LogP contribution in [0.3, 0.4) is 0 Å². The summed E-state index contributed by atoms with van der Waals surface area (Å²) in [5, 5.41) is 0. The summed E-state index contributed by atoms with van der Waals surface area (Å²) in [6.07, 6.45) is 3.44. The minimum Gasteiger partial charge on any atom is -0.0651 e. The monoisotopic (exact) mass is 794 g/mol. The highest BCUT2D eigenvalue weighted by molar-refractivity contribution is 5.82. The van der Waals surface area contributed by atoms with E-state index in [0.29, 0.717) is 5.92 Å². The van der Waals surface area contributed by atoms with E-state index in [1.54, 1.807) is 0 Å². The molecule has 8 aromatic rings. The van der Waals surface area contributed by atoms with Gasteiger partial charge >= 0.3 is 0 Å². The minimum atomic E-state index is 0.152. The molecule has 0 heterocycles. The van der Waals surface area contributed by atoms with Gasteiger partial charge in [-0.15, -0.1) is 0 Å². The normalized spacial score (nSPS) is 12.5. The van der Waals surface area contributed by atoms with Crippen molar-refractivity contribution < 1.29 is 0 Å². The molecule has 0 spiro atoms. The predicted octanol–water partition coefficient (Wildman–Crippen LogP) is 17.4. The Kier molecular flexibility index (Phi) is 13.7. The fourth-order valence-corrected chi connectivity index (χ4v) is 8.82. The number of rotatable bonds is 8. The summed E-state index contributed by atoms with van der Waals surface area (Å²) < 4.78 is 0. The number of hydrogen-bond donors (Lipinski definition) is 0. The van der Waals surface area contributed by atoms with Gasteiger partial charge in [-0.2, -0.15) is 0 Å². The molecular weight excluding hydrogens is 733 g/mol. The Morgan fingerprint density at radius 3 is 1.61 bits per heavy atom. The first kappa shape index (κ1) is 42.9. The SMILES string of the molecule is CCC(C)c1ccc(-c2cccc(-c3ccccc3)c2)cc1.CCCc1c(-c2ccc(C)cc2)cccc1-c1ccccc1C.Cc1ccc2c(c1)-c1ccccc1C2(C)C. The molecule has 0 saturated carbocycles. The van der Waals surface area contributed by atoms with Crippen molar-refractivity contribution in [3.8, 4) is 55.6 Å². The summed E-state index contributed by atoms with van der Waals surface area (Å²) in [5.41, 5.74) is 23.3. The molecule has 0 aromatic heterocycles. The summed E-state index contributed by atoms with van der Waals surface area (Å²) in [5.74, 6) is 0.629. The highest BCUT2D eigenvalue weighted by Gasteiger charge is 2.34. The molecule has 0 bridgehead atoms. The van der Waals surface area contributed by atoms with Crippen molar-refractivity contribution in [2.24, 2.45) is 0 Å². The standard InChI is InChI=1S/C23H24.C22H22.C16H16/c1-4-8-22-21(19-15-13-17(2)14-16-19)11-7-12-23(22)20-10-6-5-9-18(20)3;1-3-17(2)18-12-14-20(15-13-18)22-11-7-10-21(16-22)19-8-5-4-6-9-19;1-11-8-9-15-13(10-11)12-6-4-5-7-14(12)16(15,2)3/h5-7,9-16H,4,8H2,1-3H3;4-17H,3H2,1-2H3;4-10H,1-3H3. The van der Waals surface area contributed by atoms with Gasteiger partial charge in [0, 0.05) is 5.41 Å². The predicted molar refractivity (Wildman–Crippen MR) is 266 cm³/mol. The van der Waals surface area contributed by atoms with Crippen LogP contribution in [0, 0.1) is 20.8 Å². The molecular formula is C61H62. The highest BCUT2D eigenvalue weighted by Crippen LogP contribution is 2.48. The number of hydrogen-bond acceptors (Lipinski definition) is 0. The summed E-state index contributed by atoms with van der Waals surface area (Å²) in [6.45, 7) is 17.9. The second kappa shape index (κ2) is 19.4. The molecule has 0 nitrogen and oxygen atoms in total. The van der Waals surface area contributed by atoms with E-state index in [4.69, 9.17) is 0 Å². The Morgan fingerprint density at radius 1 is 0.410 bits per heavy atom. The zero-order chi connectivity index (χ0) is 42.9. The Balaban J connectivity index is 0.000000140. The van der Waals surface area contributed by atoms with Gasteiger partial charge in [-0.1, -0.05) is 234 Å². The molecule has 1 aliphatic rings. The van der Waals surface area contributed by atoms with Crippen LogP contribution in [0.5, 0.6) is 0 Å². The van der Waals surface area contributed by atoms with Gasteiger partial charge in [0.15, 0.2) is 0 Å². The maximum absolute atomic E-state index is 2.31. The van der Waals surface area contributed by atoms with E-state index < -0.39 is 0 Å². The van der Waals surface area contributed by atoms with Crippen molar-refractivity contribution in [1.82, 2.24) is 0 Å². The molecule has 8 aromatic carbocycles. The second-order valence-corrected chi connectivity index (χ2v) is 17.4. The summed E-state index contributed by atoms with van der Waals surface area (Å²) in [6, 6.07) is 68.2. The quantitative estimate of drug-likeness (QED) is 0.144. The van der Waals surface area contributed by atoms with Crippen LogP contribution in [0.2, 0.25) is 0 Å². The lowest BCUT2D eigenvalue weighted by molar-refractivity contribution is 0.660. The third-order valence-electron chi connectivity index (χ3n) is 12.6. The maximum Gasteiger partial charge on any atom is 0.0158 e. The molecule has 0 fully saturated rings. The zero-order valence-corrected chi connectivity index (χ0v) is 37.6. The van der Waals surface area contributed by atoms with E-state index in [2.05, 4.69) is 243 Å². The fourth-order valence-electron chi connectivity index (χ4n) is 8.82. The van der Waals surface area contributed by atoms with Crippen LogP contribution in [0.15, 0.2) is 188 Å². The van der Waals surface area contributed by atoms with Gasteiger partial charge in [0.05, 0.1) is 0 Å². The van der Waals surface area contributed by atoms with Gasteiger partial charge < -0.3 is 0 Å². The van der Waals surface area contributed by atoms with Gasteiger partial charge in [-0.25, -0.2) is 0 Å². The van der Waals surface area contributed by atoms with Crippen molar-refractivity contribution in [3.05, 3.63) is 227 Å². The van der Waals surface area contributed by atoms with Gasteiger partial charge in [0.25, 0.3) is 0 Å². The number of fused-ring (bicyclic) bond motifs is 3. The van der Waals surface area contributed by atoms with Crippen molar-refractivity contribution in [1.29, 1.82) is 0 Å². The van der Waals surface area contributed by atoms with E-state index >= 15 is 0 Å². The van der Waals surface area contributed by atoms with Crippen LogP contribution in [0.4, 0.5) is 0 Å². The smallest absolute Gasteiger partial charge is 0.0158 e. The van der Waals surface area contributed by atoms with Crippen molar-refractivity contribution in [2.75, 3.05) is 0 Å². The van der Waals surface area contributed by atoms with E-state index in [1.807, 2.05) is 0 Å². The summed E-state index contributed by atoms with van der Waals surface area (Å²) >= 11 is 0. The maximum atomic E-state index is 2.31. The molecule has 0 N–H and O–H groups in total. The second-order valence-electron chi connectivity index (χ2n) is 17.4. The first-order chi connectivity index (χ1) is 29.6. The van der Waals surface area contributed by atoms with Crippen molar-refractivity contribution in [2.45, 2.75) is 86.0 Å².